The van der Waals surface area contributed by atoms with E-state index in [1.165, 1.54) is 19.0 Å². The predicted octanol–water partition coefficient (Wildman–Crippen LogP) is 6.74. The zero-order valence-electron chi connectivity index (χ0n) is 50.9. The molecule has 13 heterocycles. The second-order valence-electron chi connectivity index (χ2n) is 23.7. The van der Waals surface area contributed by atoms with E-state index in [1.807, 2.05) is 129 Å². The van der Waals surface area contributed by atoms with Crippen LogP contribution in [0.5, 0.6) is 17.2 Å². The number of aliphatic hydroxyl groups excluding tert-OH is 4. The molecule has 9 aromatic heterocycles. The number of ether oxygens (including phenoxy) is 8. The van der Waals surface area contributed by atoms with Crippen molar-refractivity contribution in [2.75, 3.05) is 17.2 Å². The van der Waals surface area contributed by atoms with Gasteiger partial charge in [-0.3, -0.25) is 15.0 Å². The summed E-state index contributed by atoms with van der Waals surface area (Å²) < 4.78 is 54.6. The van der Waals surface area contributed by atoms with Crippen molar-refractivity contribution in [3.63, 3.8) is 0 Å². The van der Waals surface area contributed by atoms with Crippen LogP contribution in [-0.4, -0.2) is 158 Å². The fourth-order valence-electron chi connectivity index (χ4n) is 12.6. The van der Waals surface area contributed by atoms with Crippen LogP contribution in [0.15, 0.2) is 165 Å². The smallest absolute Gasteiger partial charge is 0.165 e. The van der Waals surface area contributed by atoms with Crippen molar-refractivity contribution in [3.8, 4) is 17.2 Å². The number of hydrogen-bond donors (Lipinski definition) is 7. The fourth-order valence-corrected chi connectivity index (χ4v) is 12.6. The Labute approximate surface area is 530 Å². The number of fused-ring (bicyclic) bond motifs is 7. The van der Waals surface area contributed by atoms with Crippen LogP contribution in [-0.2, 0) is 23.7 Å². The highest BCUT2D eigenvalue weighted by Gasteiger charge is 2.58. The molecule has 15 atom stereocenters. The first-order valence-corrected chi connectivity index (χ1v) is 30.2. The van der Waals surface area contributed by atoms with Crippen LogP contribution < -0.4 is 31.4 Å². The minimum absolute atomic E-state index is 0.303. The number of pyridine rings is 3. The Bertz CT molecular complexity index is 4500. The second kappa shape index (κ2) is 24.7. The van der Waals surface area contributed by atoms with Crippen molar-refractivity contribution in [2.24, 2.45) is 0 Å². The van der Waals surface area contributed by atoms with Crippen molar-refractivity contribution in [1.29, 1.82) is 0 Å². The van der Waals surface area contributed by atoms with Gasteiger partial charge in [0.05, 0.1) is 32.7 Å². The highest BCUT2D eigenvalue weighted by Crippen LogP contribution is 2.46. The van der Waals surface area contributed by atoms with E-state index < -0.39 is 73.3 Å². The van der Waals surface area contributed by atoms with Crippen LogP contribution in [0.4, 0.5) is 17.5 Å². The minimum atomic E-state index is -1.16. The molecule has 4 aliphatic heterocycles. The largest absolute Gasteiger partial charge is 0.488 e. The van der Waals surface area contributed by atoms with E-state index in [1.54, 1.807) is 66.1 Å². The predicted molar refractivity (Wildman–Crippen MR) is 341 cm³/mol. The number of aromatic nitrogens is 12. The average Bonchev–Trinajstić information content (AvgIpc) is 1.60. The van der Waals surface area contributed by atoms with Crippen LogP contribution in [0.3, 0.4) is 0 Å². The van der Waals surface area contributed by atoms with Gasteiger partial charge in [-0.1, -0.05) is 18.2 Å². The molecule has 0 bridgehead atoms. The quantitative estimate of drug-likeness (QED) is 0.0665. The number of nitrogen functional groups attached to an aromatic ring is 3. The molecule has 27 nitrogen and oxygen atoms in total. The zero-order valence-corrected chi connectivity index (χ0v) is 50.9. The molecule has 4 saturated heterocycles. The molecule has 0 amide bonds. The first-order valence-electron chi connectivity index (χ1n) is 30.2. The number of hydrogen-bond acceptors (Lipinski definition) is 24. The SMILES string of the molecule is CC(Oc1ccc2cccnc2c1)[C@H]1O[C@@H](n2ccc3c(N)ncnc32)[C@@H]2OC(C)(C)O[C@@H]21.CC(Oc1ccc2cccnc2c1)[C@H]1O[C@@H](n2ccc3c(N)ncnc32)[C@H](O)[C@@H]1O.CC(Oc1ccc2cccnc2c1)[C@H]1O[C@@H](n2ccc3c(N)ncnc32)[C@H](O)[C@@H]1O. The number of rotatable bonds is 12. The first kappa shape index (κ1) is 60.7. The summed E-state index contributed by atoms with van der Waals surface area (Å²) in [6, 6.07) is 34.1. The van der Waals surface area contributed by atoms with Gasteiger partial charge in [-0.15, -0.1) is 0 Å². The van der Waals surface area contributed by atoms with Crippen LogP contribution >= 0.6 is 0 Å². The standard InChI is InChI=1S/C24H25N5O4.2C21H21N5O4/c1-13(30-15-7-6-14-5-4-9-26-17(14)11-15)18-19-20(33-24(2,3)32-19)23(31-18)29-10-8-16-21(25)27-12-28-22(16)29;2*1-11(29-13-5-4-12-3-2-7-23-15(12)9-13)18-16(27)17(28)21(30-18)26-8-6-14-19(22)24-10-25-20(14)26/h4-13,18-20,23H,1-3H3,(H2,25,27,28);2*2-11,16-18,21,27-28H,1H3,(H2,22,24,25)/t13?,18-,19-,20-,23-;2*11?,16-,17+,18+,21+/m100/s1. The van der Waals surface area contributed by atoms with E-state index in [0.717, 1.165) is 43.8 Å². The maximum absolute atomic E-state index is 10.6. The van der Waals surface area contributed by atoms with Crippen LogP contribution in [0.25, 0.3) is 65.8 Å². The summed E-state index contributed by atoms with van der Waals surface area (Å²) in [4.78, 5) is 38.0. The lowest BCUT2D eigenvalue weighted by molar-refractivity contribution is -0.204. The van der Waals surface area contributed by atoms with Crippen molar-refractivity contribution in [1.82, 2.24) is 58.6 Å². The number of nitrogens with zero attached hydrogens (tertiary/aromatic N) is 12. The van der Waals surface area contributed by atoms with E-state index in [9.17, 15) is 20.4 Å². The number of aliphatic hydroxyl groups is 4. The fraction of sp³-hybridized carbons (Fsp3) is 0.318. The summed E-state index contributed by atoms with van der Waals surface area (Å²) in [5.74, 6) is 2.30. The maximum Gasteiger partial charge on any atom is 0.165 e. The van der Waals surface area contributed by atoms with Crippen LogP contribution in [0.1, 0.15) is 53.3 Å². The van der Waals surface area contributed by atoms with Crippen LogP contribution in [0, 0.1) is 0 Å². The summed E-state index contributed by atoms with van der Waals surface area (Å²) in [6.45, 7) is 9.39. The molecule has 0 radical (unpaired) electrons. The van der Waals surface area contributed by atoms with E-state index in [-0.39, 0.29) is 24.4 Å². The first-order chi connectivity index (χ1) is 44.9. The number of nitrogens with two attached hydrogens (primary N) is 3. The van der Waals surface area contributed by atoms with Gasteiger partial charge in [0.1, 0.15) is 144 Å². The molecule has 4 aliphatic rings. The topological polar surface area (TPSA) is 364 Å². The van der Waals surface area contributed by atoms with E-state index in [4.69, 9.17) is 55.1 Å². The zero-order chi connectivity index (χ0) is 64.4. The summed E-state index contributed by atoms with van der Waals surface area (Å²) in [7, 11) is 0. The van der Waals surface area contributed by atoms with Crippen molar-refractivity contribution in [2.45, 2.75) is 132 Å². The molecular formula is C66H67N15O12. The normalized spacial score (nSPS) is 25.8. The third kappa shape index (κ3) is 11.6. The van der Waals surface area contributed by atoms with Gasteiger partial charge < -0.3 is 89.2 Å². The molecule has 4 fully saturated rings. The molecule has 12 aromatic rings. The lowest BCUT2D eigenvalue weighted by Crippen LogP contribution is -2.40. The summed E-state index contributed by atoms with van der Waals surface area (Å²) in [5.41, 5.74) is 22.0. The molecule has 3 unspecified atom stereocenters. The third-order valence-corrected chi connectivity index (χ3v) is 17.1. The molecule has 478 valence electrons. The van der Waals surface area contributed by atoms with Gasteiger partial charge >= 0.3 is 0 Å². The van der Waals surface area contributed by atoms with Gasteiger partial charge in [-0.25, -0.2) is 29.9 Å². The molecule has 0 aliphatic carbocycles. The third-order valence-electron chi connectivity index (χ3n) is 17.1. The average molecular weight is 1260 g/mol. The van der Waals surface area contributed by atoms with Gasteiger partial charge in [-0.05, 0) is 107 Å². The molecule has 93 heavy (non-hydrogen) atoms. The Kier molecular flexibility index (Phi) is 16.1. The van der Waals surface area contributed by atoms with Gasteiger partial charge in [0.15, 0.2) is 24.5 Å². The highest BCUT2D eigenvalue weighted by molar-refractivity contribution is 5.88. The van der Waals surface area contributed by atoms with Gasteiger partial charge in [0, 0.05) is 71.5 Å². The maximum atomic E-state index is 10.6. The Morgan fingerprint density at radius 1 is 0.419 bits per heavy atom. The van der Waals surface area contributed by atoms with Crippen molar-refractivity contribution in [3.05, 3.63) is 165 Å². The Balaban J connectivity index is 0.000000121. The Morgan fingerprint density at radius 2 is 0.763 bits per heavy atom. The number of anilines is 3. The van der Waals surface area contributed by atoms with Gasteiger partial charge in [0.2, 0.25) is 0 Å². The van der Waals surface area contributed by atoms with E-state index >= 15 is 0 Å². The summed E-state index contributed by atoms with van der Waals surface area (Å²) >= 11 is 0. The lowest BCUT2D eigenvalue weighted by Gasteiger charge is -2.28. The molecule has 16 rings (SSSR count). The molecule has 0 saturated carbocycles. The second-order valence-corrected chi connectivity index (χ2v) is 23.7. The monoisotopic (exact) mass is 1260 g/mol. The molecule has 27 heteroatoms. The summed E-state index contributed by atoms with van der Waals surface area (Å²) in [5, 5.41) is 47.7. The van der Waals surface area contributed by atoms with E-state index in [0.29, 0.717) is 56.7 Å². The summed E-state index contributed by atoms with van der Waals surface area (Å²) in [6.07, 6.45) is 4.11. The minimum Gasteiger partial charge on any atom is -0.488 e. The molecular weight excluding hydrogens is 1190 g/mol. The molecule has 3 aromatic carbocycles. The van der Waals surface area contributed by atoms with Crippen molar-refractivity contribution >= 4 is 83.3 Å². The highest BCUT2D eigenvalue weighted by atomic mass is 16.8. The Hall–Kier alpha value is -9.81. The molecule has 0 spiro atoms. The van der Waals surface area contributed by atoms with Gasteiger partial charge in [-0.2, -0.15) is 0 Å². The number of benzene rings is 3. The van der Waals surface area contributed by atoms with Gasteiger partial charge in [0.25, 0.3) is 0 Å². The Morgan fingerprint density at radius 3 is 1.15 bits per heavy atom. The molecule has 10 N–H and O–H groups in total. The van der Waals surface area contributed by atoms with E-state index in [2.05, 4.69) is 44.9 Å². The lowest BCUT2D eigenvalue weighted by atomic mass is 10.1. The van der Waals surface area contributed by atoms with Crippen LogP contribution in [0.2, 0.25) is 0 Å². The van der Waals surface area contributed by atoms with Crippen molar-refractivity contribution < 1.29 is 58.3 Å².